The Kier molecular flexibility index (Phi) is 4.24. The van der Waals surface area contributed by atoms with E-state index in [0.29, 0.717) is 0 Å². The van der Waals surface area contributed by atoms with E-state index in [4.69, 9.17) is 4.74 Å². The van der Waals surface area contributed by atoms with Crippen LogP contribution in [0.2, 0.25) is 0 Å². The summed E-state index contributed by atoms with van der Waals surface area (Å²) in [6.45, 7) is 4.16. The van der Waals surface area contributed by atoms with Crippen molar-refractivity contribution < 1.29 is 4.74 Å². The fraction of sp³-hybridized carbons (Fsp3) is 0.158. The molecule has 0 aliphatic rings. The third kappa shape index (κ3) is 3.16. The van der Waals surface area contributed by atoms with Gasteiger partial charge in [0, 0.05) is 29.4 Å². The van der Waals surface area contributed by atoms with Gasteiger partial charge in [-0.3, -0.25) is 4.99 Å². The Morgan fingerprint density at radius 1 is 1.09 bits per heavy atom. The lowest BCUT2D eigenvalue weighted by atomic mass is 10.2. The molecule has 0 saturated heterocycles. The van der Waals surface area contributed by atoms with Gasteiger partial charge in [0.05, 0.1) is 12.8 Å². The number of aliphatic imine (C=N–C) groups is 1. The van der Waals surface area contributed by atoms with E-state index in [1.54, 1.807) is 13.3 Å². The molecule has 0 spiro atoms. The summed E-state index contributed by atoms with van der Waals surface area (Å²) in [5.41, 5.74) is 4.24. The fourth-order valence-electron chi connectivity index (χ4n) is 2.57. The van der Waals surface area contributed by atoms with Gasteiger partial charge >= 0.3 is 0 Å². The van der Waals surface area contributed by atoms with Crippen molar-refractivity contribution in [2.75, 3.05) is 7.11 Å². The van der Waals surface area contributed by atoms with Crippen LogP contribution in [0.5, 0.6) is 5.75 Å². The highest BCUT2D eigenvalue weighted by atomic mass is 16.5. The molecular weight excluding hydrogens is 286 g/mol. The van der Waals surface area contributed by atoms with Crippen molar-refractivity contribution >= 4 is 11.9 Å². The van der Waals surface area contributed by atoms with Gasteiger partial charge in [0.2, 0.25) is 0 Å². The van der Waals surface area contributed by atoms with Crippen molar-refractivity contribution in [3.63, 3.8) is 0 Å². The normalized spacial score (nSPS) is 11.1. The lowest BCUT2D eigenvalue weighted by molar-refractivity contribution is 0.415. The molecule has 1 aromatic carbocycles. The van der Waals surface area contributed by atoms with Gasteiger partial charge < -0.3 is 9.30 Å². The van der Waals surface area contributed by atoms with E-state index < -0.39 is 0 Å². The highest BCUT2D eigenvalue weighted by Gasteiger charge is 2.09. The van der Waals surface area contributed by atoms with Gasteiger partial charge in [0.1, 0.15) is 11.6 Å². The molecule has 0 bridgehead atoms. The minimum Gasteiger partial charge on any atom is -0.497 e. The first-order valence-electron chi connectivity index (χ1n) is 7.47. The van der Waals surface area contributed by atoms with Gasteiger partial charge in [-0.05, 0) is 56.3 Å². The molecule has 0 atom stereocenters. The zero-order chi connectivity index (χ0) is 16.2. The smallest absolute Gasteiger partial charge is 0.136 e. The summed E-state index contributed by atoms with van der Waals surface area (Å²) in [7, 11) is 1.66. The predicted octanol–water partition coefficient (Wildman–Crippen LogP) is 4.25. The van der Waals surface area contributed by atoms with E-state index in [2.05, 4.69) is 34.5 Å². The number of aryl methyl sites for hydroxylation is 1. The molecule has 23 heavy (non-hydrogen) atoms. The molecule has 0 N–H and O–H groups in total. The number of methoxy groups -OCH3 is 1. The van der Waals surface area contributed by atoms with Gasteiger partial charge in [0.25, 0.3) is 0 Å². The minimum absolute atomic E-state index is 0.831. The molecule has 2 heterocycles. The van der Waals surface area contributed by atoms with Crippen LogP contribution < -0.4 is 4.74 Å². The summed E-state index contributed by atoms with van der Waals surface area (Å²) >= 11 is 0. The molecule has 0 radical (unpaired) electrons. The monoisotopic (exact) mass is 305 g/mol. The fourth-order valence-corrected chi connectivity index (χ4v) is 2.57. The summed E-state index contributed by atoms with van der Waals surface area (Å²) in [5.74, 6) is 1.75. The molecule has 3 aromatic rings. The number of rotatable bonds is 4. The van der Waals surface area contributed by atoms with Crippen molar-refractivity contribution in [3.05, 3.63) is 71.7 Å². The second kappa shape index (κ2) is 6.48. The van der Waals surface area contributed by atoms with Gasteiger partial charge in [-0.25, -0.2) is 4.98 Å². The molecule has 0 amide bonds. The molecule has 0 aliphatic carbocycles. The SMILES string of the molecule is COc1ccc(N=Cc2cc(C)n(-c3ccccn3)c2C)cc1. The number of pyridine rings is 1. The Morgan fingerprint density at radius 3 is 2.52 bits per heavy atom. The standard InChI is InChI=1S/C19H19N3O/c1-14-12-16(13-21-17-7-9-18(23-3)10-8-17)15(2)22(14)19-6-4-5-11-20-19/h4-13H,1-3H3. The van der Waals surface area contributed by atoms with Crippen LogP contribution in [0.4, 0.5) is 5.69 Å². The number of hydrogen-bond donors (Lipinski definition) is 0. The number of nitrogens with zero attached hydrogens (tertiary/aromatic N) is 3. The number of hydrogen-bond acceptors (Lipinski definition) is 3. The highest BCUT2D eigenvalue weighted by Crippen LogP contribution is 2.20. The topological polar surface area (TPSA) is 39.4 Å². The van der Waals surface area contributed by atoms with Gasteiger partial charge in [0.15, 0.2) is 0 Å². The van der Waals surface area contributed by atoms with Gasteiger partial charge in [-0.1, -0.05) is 6.07 Å². The van der Waals surface area contributed by atoms with Gasteiger partial charge in [-0.2, -0.15) is 0 Å². The minimum atomic E-state index is 0.831. The molecule has 0 unspecified atom stereocenters. The van der Waals surface area contributed by atoms with E-state index >= 15 is 0 Å². The quantitative estimate of drug-likeness (QED) is 0.676. The first-order chi connectivity index (χ1) is 11.2. The van der Waals surface area contributed by atoms with E-state index in [-0.39, 0.29) is 0 Å². The van der Waals surface area contributed by atoms with Crippen molar-refractivity contribution in [1.82, 2.24) is 9.55 Å². The van der Waals surface area contributed by atoms with Crippen LogP contribution in [0.25, 0.3) is 5.82 Å². The highest BCUT2D eigenvalue weighted by molar-refractivity contribution is 5.84. The summed E-state index contributed by atoms with van der Waals surface area (Å²) in [5, 5.41) is 0. The number of aromatic nitrogens is 2. The van der Waals surface area contributed by atoms with Gasteiger partial charge in [-0.15, -0.1) is 0 Å². The molecule has 4 heteroatoms. The zero-order valence-electron chi connectivity index (χ0n) is 13.5. The van der Waals surface area contributed by atoms with Crippen LogP contribution in [-0.4, -0.2) is 22.9 Å². The van der Waals surface area contributed by atoms with Crippen LogP contribution in [-0.2, 0) is 0 Å². The molecular formula is C19H19N3O. The molecule has 116 valence electrons. The average Bonchev–Trinajstić information content (AvgIpc) is 2.88. The van der Waals surface area contributed by atoms with Crippen LogP contribution in [0.1, 0.15) is 17.0 Å². The van der Waals surface area contributed by atoms with Crippen LogP contribution in [0.15, 0.2) is 59.7 Å². The lowest BCUT2D eigenvalue weighted by Crippen LogP contribution is -2.01. The molecule has 0 saturated carbocycles. The van der Waals surface area contributed by atoms with Crippen LogP contribution in [0, 0.1) is 13.8 Å². The maximum atomic E-state index is 5.16. The Bertz CT molecular complexity index is 818. The maximum Gasteiger partial charge on any atom is 0.136 e. The van der Waals surface area contributed by atoms with E-state index in [9.17, 15) is 0 Å². The lowest BCUT2D eigenvalue weighted by Gasteiger charge is -2.07. The maximum absolute atomic E-state index is 5.16. The Hall–Kier alpha value is -2.88. The molecule has 4 nitrogen and oxygen atoms in total. The van der Waals surface area contributed by atoms with Crippen LogP contribution in [0.3, 0.4) is 0 Å². The van der Waals surface area contributed by atoms with Crippen molar-refractivity contribution in [1.29, 1.82) is 0 Å². The zero-order valence-corrected chi connectivity index (χ0v) is 13.5. The Morgan fingerprint density at radius 2 is 1.87 bits per heavy atom. The first kappa shape index (κ1) is 15.0. The van der Waals surface area contributed by atoms with Crippen LogP contribution >= 0.6 is 0 Å². The average molecular weight is 305 g/mol. The van der Waals surface area contributed by atoms with E-state index in [0.717, 1.165) is 34.2 Å². The molecule has 2 aromatic heterocycles. The first-order valence-corrected chi connectivity index (χ1v) is 7.47. The molecule has 0 fully saturated rings. The third-order valence-electron chi connectivity index (χ3n) is 3.77. The Labute approximate surface area is 136 Å². The summed E-state index contributed by atoms with van der Waals surface area (Å²) in [4.78, 5) is 8.97. The summed E-state index contributed by atoms with van der Waals surface area (Å²) in [6.07, 6.45) is 3.70. The van der Waals surface area contributed by atoms with Crippen molar-refractivity contribution in [2.24, 2.45) is 4.99 Å². The Balaban J connectivity index is 1.90. The molecule has 0 aliphatic heterocycles. The second-order valence-corrected chi connectivity index (χ2v) is 5.31. The van der Waals surface area contributed by atoms with E-state index in [1.807, 2.05) is 48.7 Å². The number of benzene rings is 1. The largest absolute Gasteiger partial charge is 0.497 e. The predicted molar refractivity (Wildman–Crippen MR) is 93.3 cm³/mol. The van der Waals surface area contributed by atoms with E-state index in [1.165, 1.54) is 0 Å². The van der Waals surface area contributed by atoms with Crippen molar-refractivity contribution in [3.8, 4) is 11.6 Å². The summed E-state index contributed by atoms with van der Waals surface area (Å²) in [6, 6.07) is 15.7. The third-order valence-corrected chi connectivity index (χ3v) is 3.77. The second-order valence-electron chi connectivity index (χ2n) is 5.31. The molecule has 3 rings (SSSR count). The number of ether oxygens (including phenoxy) is 1. The summed E-state index contributed by atoms with van der Waals surface area (Å²) < 4.78 is 7.29. The van der Waals surface area contributed by atoms with Crippen molar-refractivity contribution in [2.45, 2.75) is 13.8 Å².